The van der Waals surface area contributed by atoms with Crippen LogP contribution in [0.4, 0.5) is 5.69 Å². The Labute approximate surface area is 135 Å². The number of Topliss-reactive ketones (excluding diaryl/α,β-unsaturated/α-hetero) is 1. The van der Waals surface area contributed by atoms with Crippen LogP contribution in [0.2, 0.25) is 0 Å². The molecular formula is C16H22N2O5. The molecule has 7 nitrogen and oxygen atoms in total. The van der Waals surface area contributed by atoms with Crippen LogP contribution < -0.4 is 5.32 Å². The summed E-state index contributed by atoms with van der Waals surface area (Å²) in [5.41, 5.74) is 0.0411. The first-order chi connectivity index (χ1) is 10.8. The van der Waals surface area contributed by atoms with Crippen LogP contribution >= 0.6 is 0 Å². The molecule has 1 rings (SSSR count). The lowest BCUT2D eigenvalue weighted by Crippen LogP contribution is -2.40. The van der Waals surface area contributed by atoms with Gasteiger partial charge in [0.2, 0.25) is 0 Å². The molecule has 0 spiro atoms. The molecular weight excluding hydrogens is 300 g/mol. The number of ketones is 1. The number of benzene rings is 1. The van der Waals surface area contributed by atoms with Gasteiger partial charge in [-0.05, 0) is 19.4 Å². The molecule has 1 N–H and O–H groups in total. The molecule has 1 aromatic carbocycles. The molecule has 0 aromatic heterocycles. The lowest BCUT2D eigenvalue weighted by atomic mass is 10.0. The lowest BCUT2D eigenvalue weighted by Gasteiger charge is -2.18. The first kappa shape index (κ1) is 18.8. The topological polar surface area (TPSA) is 98.5 Å². The number of nitro benzene ring substituents is 1. The van der Waals surface area contributed by atoms with Crippen molar-refractivity contribution >= 4 is 17.4 Å². The third-order valence-electron chi connectivity index (χ3n) is 3.11. The van der Waals surface area contributed by atoms with Gasteiger partial charge in [0.25, 0.3) is 5.69 Å². The van der Waals surface area contributed by atoms with E-state index in [-0.39, 0.29) is 36.0 Å². The minimum atomic E-state index is -0.765. The van der Waals surface area contributed by atoms with Crippen molar-refractivity contribution in [3.05, 3.63) is 39.9 Å². The summed E-state index contributed by atoms with van der Waals surface area (Å²) in [7, 11) is 0. The van der Waals surface area contributed by atoms with Gasteiger partial charge in [0, 0.05) is 17.7 Å². The Bertz CT molecular complexity index is 571. The van der Waals surface area contributed by atoms with E-state index in [1.807, 2.05) is 13.8 Å². The fraction of sp³-hybridized carbons (Fsp3) is 0.500. The van der Waals surface area contributed by atoms with Gasteiger partial charge in [-0.3, -0.25) is 19.7 Å². The zero-order chi connectivity index (χ0) is 17.4. The summed E-state index contributed by atoms with van der Waals surface area (Å²) in [5, 5.41) is 13.9. The molecule has 0 fully saturated rings. The summed E-state index contributed by atoms with van der Waals surface area (Å²) >= 11 is 0. The Morgan fingerprint density at radius 3 is 2.61 bits per heavy atom. The van der Waals surface area contributed by atoms with Crippen molar-refractivity contribution in [3.63, 3.8) is 0 Å². The van der Waals surface area contributed by atoms with Crippen molar-refractivity contribution < 1.29 is 19.2 Å². The Morgan fingerprint density at radius 2 is 2.04 bits per heavy atom. The van der Waals surface area contributed by atoms with E-state index >= 15 is 0 Å². The van der Waals surface area contributed by atoms with Gasteiger partial charge in [0.15, 0.2) is 5.78 Å². The molecule has 0 heterocycles. The molecule has 1 unspecified atom stereocenters. The normalized spacial score (nSPS) is 12.0. The van der Waals surface area contributed by atoms with Crippen molar-refractivity contribution in [2.24, 2.45) is 5.92 Å². The van der Waals surface area contributed by atoms with Crippen molar-refractivity contribution in [3.8, 4) is 0 Å². The second-order valence-electron chi connectivity index (χ2n) is 5.54. The number of non-ortho nitro benzene ring substituents is 1. The number of nitrogens with zero attached hydrogens (tertiary/aromatic N) is 1. The molecule has 126 valence electrons. The fourth-order valence-electron chi connectivity index (χ4n) is 2.00. The summed E-state index contributed by atoms with van der Waals surface area (Å²) in [6.07, 6.45) is -0.109. The maximum absolute atomic E-state index is 12.6. The molecule has 0 aliphatic rings. The summed E-state index contributed by atoms with van der Waals surface area (Å²) < 4.78 is 4.89. The predicted molar refractivity (Wildman–Crippen MR) is 85.3 cm³/mol. The van der Waals surface area contributed by atoms with E-state index in [0.29, 0.717) is 6.54 Å². The lowest BCUT2D eigenvalue weighted by molar-refractivity contribution is -0.384. The second-order valence-corrected chi connectivity index (χ2v) is 5.54. The molecule has 0 bridgehead atoms. The van der Waals surface area contributed by atoms with Crippen LogP contribution in [0.15, 0.2) is 24.3 Å². The van der Waals surface area contributed by atoms with Crippen LogP contribution in [0, 0.1) is 16.0 Å². The zero-order valence-corrected chi connectivity index (χ0v) is 13.6. The van der Waals surface area contributed by atoms with Gasteiger partial charge in [-0.2, -0.15) is 0 Å². The average Bonchev–Trinajstić information content (AvgIpc) is 2.51. The highest BCUT2D eigenvalue weighted by Gasteiger charge is 2.24. The molecule has 0 aliphatic heterocycles. The number of hydrogen-bond donors (Lipinski definition) is 1. The summed E-state index contributed by atoms with van der Waals surface area (Å²) in [4.78, 5) is 34.5. The highest BCUT2D eigenvalue weighted by molar-refractivity contribution is 6.02. The number of nitrogens with one attached hydrogen (secondary N) is 1. The predicted octanol–water partition coefficient (Wildman–Crippen LogP) is 2.34. The van der Waals surface area contributed by atoms with Gasteiger partial charge in [-0.25, -0.2) is 0 Å². The number of esters is 1. The van der Waals surface area contributed by atoms with Crippen LogP contribution in [0.25, 0.3) is 0 Å². The standard InChI is InChI=1S/C16H22N2O5/c1-4-23-15(19)9-14(17-10-11(2)3)16(20)12-6-5-7-13(8-12)18(21)22/h5-8,11,14,17H,4,9-10H2,1-3H3. The molecule has 7 heteroatoms. The number of carbonyl (C=O) groups excluding carboxylic acids is 2. The van der Waals surface area contributed by atoms with E-state index in [1.165, 1.54) is 24.3 Å². The van der Waals surface area contributed by atoms with Gasteiger partial charge in [0.1, 0.15) is 0 Å². The van der Waals surface area contributed by atoms with E-state index in [4.69, 9.17) is 4.74 Å². The highest BCUT2D eigenvalue weighted by atomic mass is 16.6. The number of ether oxygens (including phenoxy) is 1. The first-order valence-electron chi connectivity index (χ1n) is 7.52. The molecule has 0 amide bonds. The summed E-state index contributed by atoms with van der Waals surface area (Å²) in [6, 6.07) is 4.73. The van der Waals surface area contributed by atoms with Gasteiger partial charge >= 0.3 is 5.97 Å². The Hall–Kier alpha value is -2.28. The van der Waals surface area contributed by atoms with E-state index in [1.54, 1.807) is 6.92 Å². The smallest absolute Gasteiger partial charge is 0.307 e. The maximum atomic E-state index is 12.6. The van der Waals surface area contributed by atoms with Crippen LogP contribution in [-0.2, 0) is 9.53 Å². The van der Waals surface area contributed by atoms with Crippen molar-refractivity contribution in [1.82, 2.24) is 5.32 Å². The highest BCUT2D eigenvalue weighted by Crippen LogP contribution is 2.16. The van der Waals surface area contributed by atoms with Crippen molar-refractivity contribution in [2.45, 2.75) is 33.2 Å². The van der Waals surface area contributed by atoms with E-state index in [9.17, 15) is 19.7 Å². The van der Waals surface area contributed by atoms with E-state index in [2.05, 4.69) is 5.32 Å². The van der Waals surface area contributed by atoms with Gasteiger partial charge in [-0.15, -0.1) is 0 Å². The molecule has 0 radical (unpaired) electrons. The van der Waals surface area contributed by atoms with Gasteiger partial charge in [-0.1, -0.05) is 26.0 Å². The molecule has 0 saturated heterocycles. The zero-order valence-electron chi connectivity index (χ0n) is 13.6. The minimum absolute atomic E-state index is 0.109. The first-order valence-corrected chi connectivity index (χ1v) is 7.52. The number of rotatable bonds is 9. The third-order valence-corrected chi connectivity index (χ3v) is 3.11. The maximum Gasteiger partial charge on any atom is 0.307 e. The molecule has 1 aromatic rings. The summed E-state index contributed by atoms with van der Waals surface area (Å²) in [5.74, 6) is -0.549. The Balaban J connectivity index is 2.94. The number of hydrogen-bond acceptors (Lipinski definition) is 6. The molecule has 0 aliphatic carbocycles. The van der Waals surface area contributed by atoms with Crippen molar-refractivity contribution in [2.75, 3.05) is 13.2 Å². The van der Waals surface area contributed by atoms with Gasteiger partial charge < -0.3 is 10.1 Å². The van der Waals surface area contributed by atoms with Crippen LogP contribution in [0.3, 0.4) is 0 Å². The quantitative estimate of drug-likeness (QED) is 0.324. The van der Waals surface area contributed by atoms with E-state index in [0.717, 1.165) is 0 Å². The third kappa shape index (κ3) is 6.15. The number of carbonyl (C=O) groups is 2. The van der Waals surface area contributed by atoms with E-state index < -0.39 is 16.9 Å². The fourth-order valence-corrected chi connectivity index (χ4v) is 2.00. The SMILES string of the molecule is CCOC(=O)CC(NCC(C)C)C(=O)c1cccc([N+](=O)[O-])c1. The minimum Gasteiger partial charge on any atom is -0.466 e. The van der Waals surface area contributed by atoms with Crippen LogP contribution in [0.1, 0.15) is 37.6 Å². The summed E-state index contributed by atoms with van der Waals surface area (Å²) in [6.45, 7) is 6.43. The van der Waals surface area contributed by atoms with Gasteiger partial charge in [0.05, 0.1) is 24.0 Å². The Kier molecular flexibility index (Phi) is 7.34. The largest absolute Gasteiger partial charge is 0.466 e. The molecule has 23 heavy (non-hydrogen) atoms. The monoisotopic (exact) mass is 322 g/mol. The number of nitro groups is 1. The second kappa shape index (κ2) is 8.99. The molecule has 1 atom stereocenters. The molecule has 0 saturated carbocycles. The Morgan fingerprint density at radius 1 is 1.35 bits per heavy atom. The van der Waals surface area contributed by atoms with Crippen molar-refractivity contribution in [1.29, 1.82) is 0 Å². The van der Waals surface area contributed by atoms with Crippen LogP contribution in [-0.4, -0.2) is 35.9 Å². The average molecular weight is 322 g/mol. The van der Waals surface area contributed by atoms with Crippen LogP contribution in [0.5, 0.6) is 0 Å².